The van der Waals surface area contributed by atoms with Crippen molar-refractivity contribution in [1.82, 2.24) is 4.98 Å². The van der Waals surface area contributed by atoms with Gasteiger partial charge < -0.3 is 10.2 Å². The molecule has 2 heterocycles. The summed E-state index contributed by atoms with van der Waals surface area (Å²) in [6, 6.07) is 0. The zero-order valence-electron chi connectivity index (χ0n) is 9.76. The van der Waals surface area contributed by atoms with Crippen LogP contribution in [0.2, 0.25) is 0 Å². The molecule has 1 aromatic heterocycles. The third kappa shape index (κ3) is 2.87. The Labute approximate surface area is 101 Å². The molecule has 1 aliphatic rings. The van der Waals surface area contributed by atoms with E-state index in [0.29, 0.717) is 18.9 Å². The average molecular weight is 258 g/mol. The molecule has 6 heteroatoms. The number of rotatable bonds is 4. The summed E-state index contributed by atoms with van der Waals surface area (Å²) in [6.07, 6.45) is 5.43. The molecule has 0 bridgehead atoms. The summed E-state index contributed by atoms with van der Waals surface area (Å²) in [4.78, 5) is 4.27. The Bertz CT molecular complexity index is 467. The molecule has 2 rings (SSSR count). The van der Waals surface area contributed by atoms with E-state index in [4.69, 9.17) is 10.2 Å². The molecule has 1 unspecified atom stereocenters. The Hall–Kier alpha value is -0.880. The van der Waals surface area contributed by atoms with Crippen molar-refractivity contribution in [1.29, 1.82) is 0 Å². The lowest BCUT2D eigenvalue weighted by molar-refractivity contribution is 0.452. The Kier molecular flexibility index (Phi) is 3.83. The molecule has 17 heavy (non-hydrogen) atoms. The molecular formula is C11H18N2O3S. The van der Waals surface area contributed by atoms with Gasteiger partial charge in [-0.3, -0.25) is 0 Å². The lowest BCUT2D eigenvalue weighted by Crippen LogP contribution is -2.21. The van der Waals surface area contributed by atoms with Crippen molar-refractivity contribution < 1.29 is 12.8 Å². The van der Waals surface area contributed by atoms with Gasteiger partial charge in [-0.05, 0) is 32.2 Å². The quantitative estimate of drug-likeness (QED) is 0.877. The highest BCUT2D eigenvalue weighted by Crippen LogP contribution is 2.32. The van der Waals surface area contributed by atoms with E-state index in [9.17, 15) is 8.42 Å². The number of nitrogens with two attached hydrogens (primary N) is 1. The van der Waals surface area contributed by atoms with Crippen molar-refractivity contribution in [2.45, 2.75) is 37.4 Å². The molecule has 1 atom stereocenters. The van der Waals surface area contributed by atoms with E-state index in [1.807, 2.05) is 0 Å². The molecule has 0 aromatic carbocycles. The van der Waals surface area contributed by atoms with Crippen LogP contribution in [-0.4, -0.2) is 25.7 Å². The van der Waals surface area contributed by atoms with Crippen molar-refractivity contribution >= 4 is 9.84 Å². The number of hydrogen-bond donors (Lipinski definition) is 1. The molecule has 0 radical (unpaired) electrons. The van der Waals surface area contributed by atoms with Crippen LogP contribution in [-0.2, 0) is 16.3 Å². The highest BCUT2D eigenvalue weighted by Gasteiger charge is 2.33. The zero-order chi connectivity index (χ0) is 12.3. The maximum Gasteiger partial charge on any atom is 0.212 e. The van der Waals surface area contributed by atoms with Crippen LogP contribution < -0.4 is 5.73 Å². The molecule has 0 aliphatic carbocycles. The first kappa shape index (κ1) is 12.6. The first-order valence-electron chi connectivity index (χ1n) is 5.99. The molecule has 96 valence electrons. The van der Waals surface area contributed by atoms with Crippen LogP contribution in [0.5, 0.6) is 0 Å². The number of oxazole rings is 1. The first-order valence-corrected chi connectivity index (χ1v) is 7.71. The molecule has 0 saturated carbocycles. The van der Waals surface area contributed by atoms with E-state index in [0.717, 1.165) is 31.4 Å². The summed E-state index contributed by atoms with van der Waals surface area (Å²) in [6.45, 7) is 0.601. The first-order chi connectivity index (χ1) is 8.13. The second-order valence-electron chi connectivity index (χ2n) is 4.42. The second-order valence-corrected chi connectivity index (χ2v) is 6.72. The summed E-state index contributed by atoms with van der Waals surface area (Å²) >= 11 is 0. The monoisotopic (exact) mass is 258 g/mol. The van der Waals surface area contributed by atoms with E-state index in [1.54, 1.807) is 6.26 Å². The summed E-state index contributed by atoms with van der Waals surface area (Å²) in [5.41, 5.74) is 6.21. The molecule has 0 spiro atoms. The topological polar surface area (TPSA) is 86.2 Å². The fourth-order valence-corrected chi connectivity index (χ4v) is 3.93. The fraction of sp³-hybridized carbons (Fsp3) is 0.727. The van der Waals surface area contributed by atoms with Crippen LogP contribution in [0.3, 0.4) is 0 Å². The second kappa shape index (κ2) is 5.18. The Morgan fingerprint density at radius 2 is 2.29 bits per heavy atom. The number of sulfone groups is 1. The van der Waals surface area contributed by atoms with Crippen LogP contribution in [0.4, 0.5) is 0 Å². The van der Waals surface area contributed by atoms with Gasteiger partial charge in [0.05, 0.1) is 11.4 Å². The average Bonchev–Trinajstić information content (AvgIpc) is 2.74. The summed E-state index contributed by atoms with van der Waals surface area (Å²) < 4.78 is 29.1. The van der Waals surface area contributed by atoms with Crippen LogP contribution in [0.15, 0.2) is 10.7 Å². The Morgan fingerprint density at radius 3 is 3.00 bits per heavy atom. The van der Waals surface area contributed by atoms with Gasteiger partial charge >= 0.3 is 0 Å². The van der Waals surface area contributed by atoms with Crippen molar-refractivity contribution in [2.75, 3.05) is 12.3 Å². The van der Waals surface area contributed by atoms with Gasteiger partial charge in [0.15, 0.2) is 9.84 Å². The number of aromatic nitrogens is 1. The summed E-state index contributed by atoms with van der Waals surface area (Å²) in [7, 11) is -3.06. The van der Waals surface area contributed by atoms with Crippen molar-refractivity contribution in [3.05, 3.63) is 17.8 Å². The lowest BCUT2D eigenvalue weighted by Gasteiger charge is -2.18. The molecule has 2 N–H and O–H groups in total. The minimum atomic E-state index is -3.06. The minimum Gasteiger partial charge on any atom is -0.447 e. The van der Waals surface area contributed by atoms with E-state index >= 15 is 0 Å². The third-order valence-electron chi connectivity index (χ3n) is 3.06. The van der Waals surface area contributed by atoms with Gasteiger partial charge in [-0.25, -0.2) is 13.4 Å². The highest BCUT2D eigenvalue weighted by atomic mass is 32.2. The lowest BCUT2D eigenvalue weighted by atomic mass is 10.2. The van der Waals surface area contributed by atoms with E-state index in [2.05, 4.69) is 4.98 Å². The van der Waals surface area contributed by atoms with Crippen molar-refractivity contribution in [3.63, 3.8) is 0 Å². The maximum absolute atomic E-state index is 11.9. The van der Waals surface area contributed by atoms with Crippen LogP contribution in [0, 0.1) is 0 Å². The van der Waals surface area contributed by atoms with E-state index in [1.165, 1.54) is 0 Å². The maximum atomic E-state index is 11.9. The molecule has 0 amide bonds. The van der Waals surface area contributed by atoms with Gasteiger partial charge in [-0.1, -0.05) is 6.42 Å². The largest absolute Gasteiger partial charge is 0.447 e. The number of nitrogens with zero attached hydrogens (tertiary/aromatic N) is 1. The Balaban J connectivity index is 2.13. The normalized spacial score (nSPS) is 23.7. The molecule has 1 fully saturated rings. The summed E-state index contributed by atoms with van der Waals surface area (Å²) in [5.74, 6) is 0.606. The summed E-state index contributed by atoms with van der Waals surface area (Å²) in [5, 5.41) is -0.539. The smallest absolute Gasteiger partial charge is 0.212 e. The standard InChI is InChI=1S/C11H18N2O3S/c12-6-3-4-9-8-16-11(13-9)10-5-1-2-7-17(10,14)15/h8,10H,1-7,12H2. The molecular weight excluding hydrogens is 240 g/mol. The predicted molar refractivity (Wildman–Crippen MR) is 64.3 cm³/mol. The van der Waals surface area contributed by atoms with Crippen LogP contribution >= 0.6 is 0 Å². The van der Waals surface area contributed by atoms with E-state index in [-0.39, 0.29) is 5.75 Å². The highest BCUT2D eigenvalue weighted by molar-refractivity contribution is 7.91. The fourth-order valence-electron chi connectivity index (χ4n) is 2.10. The van der Waals surface area contributed by atoms with Gasteiger partial charge in [0.2, 0.25) is 5.89 Å². The number of hydrogen-bond acceptors (Lipinski definition) is 5. The number of aryl methyl sites for hydroxylation is 1. The third-order valence-corrected chi connectivity index (χ3v) is 5.22. The molecule has 1 saturated heterocycles. The molecule has 1 aliphatic heterocycles. The van der Waals surface area contributed by atoms with Crippen molar-refractivity contribution in [2.24, 2.45) is 5.73 Å². The van der Waals surface area contributed by atoms with Gasteiger partial charge in [-0.2, -0.15) is 0 Å². The predicted octanol–water partition coefficient (Wildman–Crippen LogP) is 1.21. The van der Waals surface area contributed by atoms with Gasteiger partial charge in [-0.15, -0.1) is 0 Å². The SMILES string of the molecule is NCCCc1coc(C2CCCCS2(=O)=O)n1. The zero-order valence-corrected chi connectivity index (χ0v) is 10.6. The van der Waals surface area contributed by atoms with E-state index < -0.39 is 15.1 Å². The van der Waals surface area contributed by atoms with Crippen LogP contribution in [0.25, 0.3) is 0 Å². The molecule has 5 nitrogen and oxygen atoms in total. The molecule has 1 aromatic rings. The Morgan fingerprint density at radius 1 is 1.47 bits per heavy atom. The van der Waals surface area contributed by atoms with Crippen molar-refractivity contribution in [3.8, 4) is 0 Å². The van der Waals surface area contributed by atoms with Gasteiger partial charge in [0, 0.05) is 0 Å². The minimum absolute atomic E-state index is 0.248. The van der Waals surface area contributed by atoms with Crippen LogP contribution in [0.1, 0.15) is 42.5 Å². The van der Waals surface area contributed by atoms with Gasteiger partial charge in [0.1, 0.15) is 11.5 Å². The van der Waals surface area contributed by atoms with Gasteiger partial charge in [0.25, 0.3) is 0 Å².